The number of fused-ring (bicyclic) bond motifs is 1. The van der Waals surface area contributed by atoms with E-state index < -0.39 is 0 Å². The molecule has 0 unspecified atom stereocenters. The Labute approximate surface area is 75.3 Å². The van der Waals surface area contributed by atoms with Crippen LogP contribution < -0.4 is 5.69 Å². The number of allylic oxidation sites excluding steroid dienone is 2. The molecule has 0 spiro atoms. The summed E-state index contributed by atoms with van der Waals surface area (Å²) in [6, 6.07) is 1.81. The van der Waals surface area contributed by atoms with Crippen molar-refractivity contribution in [2.24, 2.45) is 4.99 Å². The summed E-state index contributed by atoms with van der Waals surface area (Å²) in [5.74, 6) is 0. The van der Waals surface area contributed by atoms with Crippen molar-refractivity contribution in [3.8, 4) is 0 Å². The lowest BCUT2D eigenvalue weighted by atomic mass is 10.3. The molecule has 0 atom stereocenters. The summed E-state index contributed by atoms with van der Waals surface area (Å²) in [4.78, 5) is 19.2. The van der Waals surface area contributed by atoms with Gasteiger partial charge in [-0.1, -0.05) is 0 Å². The van der Waals surface area contributed by atoms with Gasteiger partial charge in [0.2, 0.25) is 0 Å². The van der Waals surface area contributed by atoms with Crippen LogP contribution in [-0.4, -0.2) is 15.8 Å². The summed E-state index contributed by atoms with van der Waals surface area (Å²) in [5, 5.41) is 0. The van der Waals surface area contributed by atoms with E-state index in [4.69, 9.17) is 0 Å². The van der Waals surface area contributed by atoms with Crippen LogP contribution in [0, 0.1) is 0 Å². The molecular formula is C9H9N3O. The Kier molecular flexibility index (Phi) is 1.81. The van der Waals surface area contributed by atoms with Crippen molar-refractivity contribution in [3.63, 3.8) is 0 Å². The third kappa shape index (κ3) is 1.30. The minimum Gasteiger partial charge on any atom is -0.287 e. The summed E-state index contributed by atoms with van der Waals surface area (Å²) in [6.07, 6.45) is 5.03. The minimum absolute atomic E-state index is 0.239. The SMILES string of the molecule is CC1=CC=NCc2ccnc(=O)n21. The molecule has 1 aliphatic heterocycles. The van der Waals surface area contributed by atoms with E-state index in [-0.39, 0.29) is 5.69 Å². The summed E-state index contributed by atoms with van der Waals surface area (Å²) in [6.45, 7) is 2.40. The van der Waals surface area contributed by atoms with Crippen LogP contribution in [0.2, 0.25) is 0 Å². The second kappa shape index (κ2) is 2.97. The van der Waals surface area contributed by atoms with E-state index in [0.717, 1.165) is 11.4 Å². The van der Waals surface area contributed by atoms with Crippen LogP contribution >= 0.6 is 0 Å². The number of aliphatic imine (C=N–C) groups is 1. The van der Waals surface area contributed by atoms with Gasteiger partial charge in [0.05, 0.1) is 12.2 Å². The Balaban J connectivity index is 2.73. The van der Waals surface area contributed by atoms with Crippen LogP contribution in [0.1, 0.15) is 12.6 Å². The van der Waals surface area contributed by atoms with Crippen molar-refractivity contribution in [2.45, 2.75) is 13.5 Å². The zero-order valence-corrected chi connectivity index (χ0v) is 7.27. The van der Waals surface area contributed by atoms with Gasteiger partial charge in [-0.2, -0.15) is 0 Å². The molecule has 0 radical (unpaired) electrons. The average molecular weight is 175 g/mol. The van der Waals surface area contributed by atoms with Gasteiger partial charge in [0, 0.05) is 18.1 Å². The monoisotopic (exact) mass is 175 g/mol. The predicted molar refractivity (Wildman–Crippen MR) is 50.6 cm³/mol. The van der Waals surface area contributed by atoms with Crippen LogP contribution in [0.3, 0.4) is 0 Å². The molecule has 13 heavy (non-hydrogen) atoms. The fourth-order valence-corrected chi connectivity index (χ4v) is 1.32. The standard InChI is InChI=1S/C9H9N3O/c1-7-2-4-10-6-8-3-5-11-9(13)12(7)8/h2-5H,6H2,1H3. The van der Waals surface area contributed by atoms with Crippen molar-refractivity contribution in [2.75, 3.05) is 0 Å². The maximum Gasteiger partial charge on any atom is 0.352 e. The van der Waals surface area contributed by atoms with E-state index >= 15 is 0 Å². The van der Waals surface area contributed by atoms with Gasteiger partial charge in [-0.3, -0.25) is 9.56 Å². The van der Waals surface area contributed by atoms with E-state index in [9.17, 15) is 4.79 Å². The Morgan fingerprint density at radius 3 is 3.23 bits per heavy atom. The molecule has 66 valence electrons. The third-order valence-corrected chi connectivity index (χ3v) is 1.96. The number of aromatic nitrogens is 2. The Bertz CT molecular complexity index is 442. The first kappa shape index (κ1) is 7.91. The third-order valence-electron chi connectivity index (χ3n) is 1.96. The fourth-order valence-electron chi connectivity index (χ4n) is 1.32. The van der Waals surface area contributed by atoms with Gasteiger partial charge in [-0.15, -0.1) is 0 Å². The van der Waals surface area contributed by atoms with Crippen LogP contribution in [0.4, 0.5) is 0 Å². The van der Waals surface area contributed by atoms with E-state index in [2.05, 4.69) is 9.98 Å². The highest BCUT2D eigenvalue weighted by atomic mass is 16.1. The van der Waals surface area contributed by atoms with E-state index in [0.29, 0.717) is 6.54 Å². The molecule has 1 aromatic heterocycles. The summed E-state index contributed by atoms with van der Waals surface area (Å²) in [5.41, 5.74) is 1.49. The molecule has 0 saturated heterocycles. The van der Waals surface area contributed by atoms with Gasteiger partial charge >= 0.3 is 5.69 Å². The van der Waals surface area contributed by atoms with Crippen LogP contribution in [-0.2, 0) is 6.54 Å². The molecule has 2 heterocycles. The second-order valence-electron chi connectivity index (χ2n) is 2.85. The maximum absolute atomic E-state index is 11.4. The van der Waals surface area contributed by atoms with Gasteiger partial charge in [0.1, 0.15) is 0 Å². The molecule has 0 aliphatic carbocycles. The zero-order valence-electron chi connectivity index (χ0n) is 7.27. The zero-order chi connectivity index (χ0) is 9.26. The lowest BCUT2D eigenvalue weighted by molar-refractivity contribution is 0.836. The Morgan fingerprint density at radius 2 is 2.38 bits per heavy atom. The first-order valence-electron chi connectivity index (χ1n) is 4.03. The maximum atomic E-state index is 11.4. The van der Waals surface area contributed by atoms with Gasteiger partial charge < -0.3 is 0 Å². The lowest BCUT2D eigenvalue weighted by Gasteiger charge is -2.07. The van der Waals surface area contributed by atoms with Crippen molar-refractivity contribution in [1.82, 2.24) is 9.55 Å². The second-order valence-corrected chi connectivity index (χ2v) is 2.85. The smallest absolute Gasteiger partial charge is 0.287 e. The average Bonchev–Trinajstić information content (AvgIpc) is 2.29. The molecule has 0 aromatic carbocycles. The number of rotatable bonds is 0. The Morgan fingerprint density at radius 1 is 1.54 bits per heavy atom. The molecule has 0 fully saturated rings. The molecule has 4 nitrogen and oxygen atoms in total. The summed E-state index contributed by atoms with van der Waals surface area (Å²) >= 11 is 0. The van der Waals surface area contributed by atoms with Gasteiger partial charge in [0.25, 0.3) is 0 Å². The van der Waals surface area contributed by atoms with Crippen molar-refractivity contribution in [1.29, 1.82) is 0 Å². The van der Waals surface area contributed by atoms with E-state index in [1.54, 1.807) is 22.9 Å². The van der Waals surface area contributed by atoms with Crippen molar-refractivity contribution >= 4 is 11.9 Å². The molecular weight excluding hydrogens is 166 g/mol. The highest BCUT2D eigenvalue weighted by molar-refractivity contribution is 5.79. The summed E-state index contributed by atoms with van der Waals surface area (Å²) in [7, 11) is 0. The fraction of sp³-hybridized carbons (Fsp3) is 0.222. The van der Waals surface area contributed by atoms with Gasteiger partial charge in [0.15, 0.2) is 0 Å². The molecule has 4 heteroatoms. The first-order chi connectivity index (χ1) is 6.29. The molecule has 0 N–H and O–H groups in total. The van der Waals surface area contributed by atoms with Crippen LogP contribution in [0.5, 0.6) is 0 Å². The number of nitrogens with zero attached hydrogens (tertiary/aromatic N) is 3. The van der Waals surface area contributed by atoms with Crippen LogP contribution in [0.25, 0.3) is 5.70 Å². The number of hydrogen-bond donors (Lipinski definition) is 0. The van der Waals surface area contributed by atoms with Crippen LogP contribution in [0.15, 0.2) is 28.1 Å². The molecule has 2 rings (SSSR count). The van der Waals surface area contributed by atoms with Gasteiger partial charge in [-0.25, -0.2) is 9.78 Å². The van der Waals surface area contributed by atoms with Gasteiger partial charge in [-0.05, 0) is 19.1 Å². The molecule has 0 amide bonds. The lowest BCUT2D eigenvalue weighted by Crippen LogP contribution is -2.23. The largest absolute Gasteiger partial charge is 0.352 e. The predicted octanol–water partition coefficient (Wildman–Crippen LogP) is 0.689. The molecule has 0 saturated carbocycles. The summed E-state index contributed by atoms with van der Waals surface area (Å²) < 4.78 is 1.58. The molecule has 1 aromatic rings. The van der Waals surface area contributed by atoms with Crippen molar-refractivity contribution < 1.29 is 0 Å². The highest BCUT2D eigenvalue weighted by Gasteiger charge is 2.06. The quantitative estimate of drug-likeness (QED) is 0.582. The topological polar surface area (TPSA) is 47.2 Å². The number of hydrogen-bond acceptors (Lipinski definition) is 3. The normalized spacial score (nSPS) is 14.7. The Hall–Kier alpha value is -1.71. The van der Waals surface area contributed by atoms with E-state index in [1.165, 1.54) is 6.20 Å². The molecule has 0 bridgehead atoms. The minimum atomic E-state index is -0.239. The van der Waals surface area contributed by atoms with Crippen molar-refractivity contribution in [3.05, 3.63) is 34.5 Å². The highest BCUT2D eigenvalue weighted by Crippen LogP contribution is 2.07. The van der Waals surface area contributed by atoms with E-state index in [1.807, 2.05) is 6.92 Å². The molecule has 1 aliphatic rings. The first-order valence-corrected chi connectivity index (χ1v) is 4.03.